The molecule has 1 aromatic rings. The van der Waals surface area contributed by atoms with Crippen molar-refractivity contribution < 1.29 is 18.7 Å². The molecule has 1 unspecified atom stereocenters. The molecule has 0 aliphatic carbocycles. The van der Waals surface area contributed by atoms with E-state index in [1.54, 1.807) is 12.2 Å². The molecule has 0 N–H and O–H groups in total. The maximum Gasteiger partial charge on any atom is 0.246 e. The lowest BCUT2D eigenvalue weighted by atomic mass is 10.1. The van der Waals surface area contributed by atoms with Gasteiger partial charge in [0.1, 0.15) is 11.5 Å². The first-order valence-corrected chi connectivity index (χ1v) is 7.97. The Balaban J connectivity index is 1.44. The predicted octanol–water partition coefficient (Wildman–Crippen LogP) is 2.40. The van der Waals surface area contributed by atoms with Gasteiger partial charge in [-0.15, -0.1) is 0 Å². The standard InChI is InChI=1S/C17H23NO4/c1-13-2-3-14(21-13)4-5-17(19)18-9-6-15(7-10-18)22-16-8-11-20-12-16/h2-5,15-16H,6-12H2,1H3/b5-4+. The second-order valence-corrected chi connectivity index (χ2v) is 5.93. The molecule has 0 spiro atoms. The van der Waals surface area contributed by atoms with Gasteiger partial charge in [0, 0.05) is 25.8 Å². The molecule has 2 fully saturated rings. The van der Waals surface area contributed by atoms with Gasteiger partial charge in [0.25, 0.3) is 0 Å². The fourth-order valence-corrected chi connectivity index (χ4v) is 2.91. The van der Waals surface area contributed by atoms with Gasteiger partial charge in [-0.1, -0.05) is 0 Å². The van der Waals surface area contributed by atoms with Gasteiger partial charge in [-0.25, -0.2) is 0 Å². The Bertz CT molecular complexity index is 523. The van der Waals surface area contributed by atoms with E-state index in [1.807, 2.05) is 24.0 Å². The molecule has 3 heterocycles. The van der Waals surface area contributed by atoms with E-state index in [2.05, 4.69) is 0 Å². The Morgan fingerprint density at radius 1 is 1.27 bits per heavy atom. The van der Waals surface area contributed by atoms with Crippen LogP contribution < -0.4 is 0 Å². The molecule has 1 aromatic heterocycles. The normalized spacial score (nSPS) is 23.5. The minimum Gasteiger partial charge on any atom is -0.462 e. The van der Waals surface area contributed by atoms with Crippen LogP contribution in [-0.4, -0.2) is 49.3 Å². The molecule has 0 radical (unpaired) electrons. The summed E-state index contributed by atoms with van der Waals surface area (Å²) in [5.74, 6) is 1.60. The number of carbonyl (C=O) groups is 1. The lowest BCUT2D eigenvalue weighted by Gasteiger charge is -2.32. The van der Waals surface area contributed by atoms with Crippen LogP contribution >= 0.6 is 0 Å². The molecule has 5 nitrogen and oxygen atoms in total. The number of hydrogen-bond donors (Lipinski definition) is 0. The number of amides is 1. The fraction of sp³-hybridized carbons (Fsp3) is 0.588. The van der Waals surface area contributed by atoms with Gasteiger partial charge >= 0.3 is 0 Å². The third kappa shape index (κ3) is 3.99. The van der Waals surface area contributed by atoms with Crippen LogP contribution in [0.1, 0.15) is 30.8 Å². The Kier molecular flexibility index (Phi) is 4.95. The number of aryl methyl sites for hydroxylation is 1. The highest BCUT2D eigenvalue weighted by molar-refractivity contribution is 5.91. The van der Waals surface area contributed by atoms with E-state index in [1.165, 1.54) is 0 Å². The van der Waals surface area contributed by atoms with Crippen LogP contribution in [0.4, 0.5) is 0 Å². The smallest absolute Gasteiger partial charge is 0.246 e. The fourth-order valence-electron chi connectivity index (χ4n) is 2.91. The third-order valence-corrected chi connectivity index (χ3v) is 4.18. The van der Waals surface area contributed by atoms with Crippen LogP contribution in [0, 0.1) is 6.92 Å². The number of piperidine rings is 1. The van der Waals surface area contributed by atoms with Gasteiger partial charge < -0.3 is 18.8 Å². The summed E-state index contributed by atoms with van der Waals surface area (Å²) < 4.78 is 16.8. The molecule has 22 heavy (non-hydrogen) atoms. The molecule has 0 saturated carbocycles. The van der Waals surface area contributed by atoms with Crippen molar-refractivity contribution in [2.24, 2.45) is 0 Å². The second-order valence-electron chi connectivity index (χ2n) is 5.93. The van der Waals surface area contributed by atoms with E-state index in [9.17, 15) is 4.79 Å². The minimum absolute atomic E-state index is 0.0386. The Morgan fingerprint density at radius 3 is 2.73 bits per heavy atom. The summed E-state index contributed by atoms with van der Waals surface area (Å²) in [6.07, 6.45) is 6.61. The van der Waals surface area contributed by atoms with Crippen molar-refractivity contribution in [2.75, 3.05) is 26.3 Å². The average Bonchev–Trinajstić information content (AvgIpc) is 3.17. The van der Waals surface area contributed by atoms with Crippen molar-refractivity contribution in [1.29, 1.82) is 0 Å². The van der Waals surface area contributed by atoms with Crippen LogP contribution in [-0.2, 0) is 14.3 Å². The molecule has 1 amide bonds. The molecule has 2 saturated heterocycles. The van der Waals surface area contributed by atoms with Crippen molar-refractivity contribution in [3.05, 3.63) is 29.7 Å². The monoisotopic (exact) mass is 305 g/mol. The van der Waals surface area contributed by atoms with Crippen LogP contribution in [0.5, 0.6) is 0 Å². The van der Waals surface area contributed by atoms with Gasteiger partial charge in [0.2, 0.25) is 5.91 Å². The summed E-state index contributed by atoms with van der Waals surface area (Å²) in [7, 11) is 0. The Hall–Kier alpha value is -1.59. The molecule has 5 heteroatoms. The van der Waals surface area contributed by atoms with Gasteiger partial charge in [-0.05, 0) is 44.4 Å². The highest BCUT2D eigenvalue weighted by atomic mass is 16.5. The predicted molar refractivity (Wildman–Crippen MR) is 82.4 cm³/mol. The van der Waals surface area contributed by atoms with Crippen molar-refractivity contribution >= 4 is 12.0 Å². The molecule has 0 bridgehead atoms. The van der Waals surface area contributed by atoms with E-state index in [0.29, 0.717) is 12.4 Å². The van der Waals surface area contributed by atoms with E-state index >= 15 is 0 Å². The molecule has 120 valence electrons. The first-order chi connectivity index (χ1) is 10.7. The van der Waals surface area contributed by atoms with Crippen molar-refractivity contribution in [1.82, 2.24) is 4.90 Å². The summed E-state index contributed by atoms with van der Waals surface area (Å²) in [4.78, 5) is 14.0. The van der Waals surface area contributed by atoms with E-state index < -0.39 is 0 Å². The molecule has 0 aromatic carbocycles. The number of likely N-dealkylation sites (tertiary alicyclic amines) is 1. The number of hydrogen-bond acceptors (Lipinski definition) is 4. The van der Waals surface area contributed by atoms with Gasteiger partial charge in [0.15, 0.2) is 0 Å². The molecule has 2 aliphatic rings. The van der Waals surface area contributed by atoms with Gasteiger partial charge in [-0.3, -0.25) is 4.79 Å². The zero-order chi connectivity index (χ0) is 15.4. The second kappa shape index (κ2) is 7.11. The number of nitrogens with zero attached hydrogens (tertiary/aromatic N) is 1. The first-order valence-electron chi connectivity index (χ1n) is 7.97. The average molecular weight is 305 g/mol. The van der Waals surface area contributed by atoms with Gasteiger partial charge in [-0.2, -0.15) is 0 Å². The Morgan fingerprint density at radius 2 is 2.09 bits per heavy atom. The highest BCUT2D eigenvalue weighted by Gasteiger charge is 2.26. The van der Waals surface area contributed by atoms with Crippen LogP contribution in [0.3, 0.4) is 0 Å². The molecular weight excluding hydrogens is 282 g/mol. The number of carbonyl (C=O) groups excluding carboxylic acids is 1. The highest BCUT2D eigenvalue weighted by Crippen LogP contribution is 2.19. The zero-order valence-corrected chi connectivity index (χ0v) is 13.0. The summed E-state index contributed by atoms with van der Waals surface area (Å²) in [5, 5.41) is 0. The molecular formula is C17H23NO4. The topological polar surface area (TPSA) is 51.9 Å². The summed E-state index contributed by atoms with van der Waals surface area (Å²) in [5.41, 5.74) is 0. The van der Waals surface area contributed by atoms with Crippen LogP contribution in [0.25, 0.3) is 6.08 Å². The first kappa shape index (κ1) is 15.3. The Labute approximate surface area is 130 Å². The number of furan rings is 1. The maximum absolute atomic E-state index is 12.2. The van der Waals surface area contributed by atoms with Gasteiger partial charge in [0.05, 0.1) is 18.8 Å². The number of ether oxygens (including phenoxy) is 2. The summed E-state index contributed by atoms with van der Waals surface area (Å²) >= 11 is 0. The molecule has 2 aliphatic heterocycles. The number of rotatable bonds is 4. The summed E-state index contributed by atoms with van der Waals surface area (Å²) in [6, 6.07) is 3.75. The van der Waals surface area contributed by atoms with E-state index in [4.69, 9.17) is 13.9 Å². The van der Waals surface area contributed by atoms with Crippen LogP contribution in [0.2, 0.25) is 0 Å². The molecule has 3 rings (SSSR count). The van der Waals surface area contributed by atoms with E-state index in [-0.39, 0.29) is 18.1 Å². The lowest BCUT2D eigenvalue weighted by Crippen LogP contribution is -2.41. The largest absolute Gasteiger partial charge is 0.462 e. The van der Waals surface area contributed by atoms with Crippen LogP contribution in [0.15, 0.2) is 22.6 Å². The van der Waals surface area contributed by atoms with Crippen molar-refractivity contribution in [2.45, 2.75) is 38.4 Å². The van der Waals surface area contributed by atoms with Crippen molar-refractivity contribution in [3.8, 4) is 0 Å². The summed E-state index contributed by atoms with van der Waals surface area (Å²) in [6.45, 7) is 4.90. The minimum atomic E-state index is 0.0386. The molecule has 1 atom stereocenters. The third-order valence-electron chi connectivity index (χ3n) is 4.18. The quantitative estimate of drug-likeness (QED) is 0.802. The lowest BCUT2D eigenvalue weighted by molar-refractivity contribution is -0.129. The van der Waals surface area contributed by atoms with Crippen molar-refractivity contribution in [3.63, 3.8) is 0 Å². The van der Waals surface area contributed by atoms with E-state index in [0.717, 1.165) is 44.7 Å². The maximum atomic E-state index is 12.2. The zero-order valence-electron chi connectivity index (χ0n) is 13.0. The SMILES string of the molecule is Cc1ccc(/C=C/C(=O)N2CCC(OC3CCOC3)CC2)o1.